The van der Waals surface area contributed by atoms with Crippen LogP contribution in [-0.4, -0.2) is 6.43 Å². The molecule has 0 saturated heterocycles. The minimum Gasteiger partial charge on any atom is -0.210 e. The second kappa shape index (κ2) is 3.71. The van der Waals surface area contributed by atoms with Gasteiger partial charge in [0.2, 0.25) is 6.43 Å². The van der Waals surface area contributed by atoms with E-state index in [1.807, 2.05) is 0 Å². The van der Waals surface area contributed by atoms with Crippen LogP contribution in [0.4, 0.5) is 8.78 Å². The summed E-state index contributed by atoms with van der Waals surface area (Å²) in [7, 11) is 0. The van der Waals surface area contributed by atoms with E-state index in [-0.39, 0.29) is 5.92 Å². The van der Waals surface area contributed by atoms with Gasteiger partial charge in [-0.05, 0) is 18.8 Å². The maximum absolute atomic E-state index is 12.6. The molecule has 0 N–H and O–H groups in total. The van der Waals surface area contributed by atoms with Gasteiger partial charge >= 0.3 is 0 Å². The number of halogens is 2. The van der Waals surface area contributed by atoms with E-state index < -0.39 is 11.8 Å². The van der Waals surface area contributed by atoms with Gasteiger partial charge in [-0.15, -0.1) is 0 Å². The molecule has 0 unspecified atom stereocenters. The normalized spacial score (nSPS) is 21.8. The molecule has 0 radical (unpaired) electrons. The Labute approximate surface area is 73.3 Å². The molecule has 0 bridgehead atoms. The van der Waals surface area contributed by atoms with Crippen LogP contribution in [0.3, 0.4) is 0 Å². The third kappa shape index (κ3) is 1.96. The second-order valence-electron chi connectivity index (χ2n) is 4.46. The summed E-state index contributed by atoms with van der Waals surface area (Å²) in [5.74, 6) is 0.242. The Bertz CT molecular complexity index is 135. The molecule has 0 atom stereocenters. The van der Waals surface area contributed by atoms with E-state index >= 15 is 0 Å². The first-order valence-corrected chi connectivity index (χ1v) is 4.83. The van der Waals surface area contributed by atoms with Gasteiger partial charge in [0.1, 0.15) is 0 Å². The molecule has 0 spiro atoms. The standard InChI is InChI=1S/C10H18F2/c1-10(2,9(11)12)8-6-4-3-5-7-8/h8-9H,3-7H2,1-2H3. The van der Waals surface area contributed by atoms with Gasteiger partial charge in [-0.3, -0.25) is 0 Å². The Morgan fingerprint density at radius 3 is 2.00 bits per heavy atom. The summed E-state index contributed by atoms with van der Waals surface area (Å²) in [6.45, 7) is 3.40. The van der Waals surface area contributed by atoms with Crippen LogP contribution in [0.2, 0.25) is 0 Å². The summed E-state index contributed by atoms with van der Waals surface area (Å²) >= 11 is 0. The topological polar surface area (TPSA) is 0 Å². The van der Waals surface area contributed by atoms with Crippen LogP contribution >= 0.6 is 0 Å². The molecular formula is C10H18F2. The van der Waals surface area contributed by atoms with Gasteiger partial charge in [-0.1, -0.05) is 33.1 Å². The maximum atomic E-state index is 12.6. The Kier molecular flexibility index (Phi) is 3.08. The SMILES string of the molecule is CC(C)(C(F)F)C1CCCCC1. The van der Waals surface area contributed by atoms with Crippen LogP contribution < -0.4 is 0 Å². The molecule has 1 aliphatic rings. The van der Waals surface area contributed by atoms with Crippen molar-refractivity contribution in [3.05, 3.63) is 0 Å². The smallest absolute Gasteiger partial charge is 0.210 e. The molecule has 2 heteroatoms. The molecular weight excluding hydrogens is 158 g/mol. The minimum absolute atomic E-state index is 0.242. The highest BCUT2D eigenvalue weighted by atomic mass is 19.3. The summed E-state index contributed by atoms with van der Waals surface area (Å²) in [6, 6.07) is 0. The predicted octanol–water partition coefficient (Wildman–Crippen LogP) is 3.86. The number of alkyl halides is 2. The molecule has 1 fully saturated rings. The van der Waals surface area contributed by atoms with Gasteiger partial charge in [-0.25, -0.2) is 8.78 Å². The van der Waals surface area contributed by atoms with Crippen LogP contribution in [0, 0.1) is 11.3 Å². The molecule has 0 amide bonds. The van der Waals surface area contributed by atoms with Gasteiger partial charge in [0, 0.05) is 5.41 Å². The molecule has 0 aromatic carbocycles. The van der Waals surface area contributed by atoms with E-state index in [4.69, 9.17) is 0 Å². The monoisotopic (exact) mass is 176 g/mol. The van der Waals surface area contributed by atoms with Gasteiger partial charge in [0.05, 0.1) is 0 Å². The fourth-order valence-electron chi connectivity index (χ4n) is 2.02. The lowest BCUT2D eigenvalue weighted by Crippen LogP contribution is -2.32. The van der Waals surface area contributed by atoms with E-state index in [2.05, 4.69) is 0 Å². The van der Waals surface area contributed by atoms with Crippen molar-refractivity contribution in [2.45, 2.75) is 52.4 Å². The van der Waals surface area contributed by atoms with E-state index in [0.29, 0.717) is 0 Å². The molecule has 0 aromatic heterocycles. The van der Waals surface area contributed by atoms with Crippen molar-refractivity contribution in [3.63, 3.8) is 0 Å². The van der Waals surface area contributed by atoms with Gasteiger partial charge in [-0.2, -0.15) is 0 Å². The van der Waals surface area contributed by atoms with Crippen molar-refractivity contribution in [2.75, 3.05) is 0 Å². The maximum Gasteiger partial charge on any atom is 0.243 e. The highest BCUT2D eigenvalue weighted by molar-refractivity contribution is 4.82. The minimum atomic E-state index is -2.17. The molecule has 72 valence electrons. The number of hydrogen-bond donors (Lipinski definition) is 0. The highest BCUT2D eigenvalue weighted by Crippen LogP contribution is 2.41. The number of rotatable bonds is 2. The van der Waals surface area contributed by atoms with Gasteiger partial charge in [0.25, 0.3) is 0 Å². The summed E-state index contributed by atoms with van der Waals surface area (Å²) in [6.07, 6.45) is 3.34. The molecule has 12 heavy (non-hydrogen) atoms. The molecule has 1 saturated carbocycles. The fourth-order valence-corrected chi connectivity index (χ4v) is 2.02. The fraction of sp³-hybridized carbons (Fsp3) is 1.00. The van der Waals surface area contributed by atoms with E-state index in [9.17, 15) is 8.78 Å². The Balaban J connectivity index is 2.53. The van der Waals surface area contributed by atoms with Crippen LogP contribution in [0.1, 0.15) is 46.0 Å². The van der Waals surface area contributed by atoms with Crippen LogP contribution in [-0.2, 0) is 0 Å². The first kappa shape index (κ1) is 9.94. The van der Waals surface area contributed by atoms with Crippen LogP contribution in [0.15, 0.2) is 0 Å². The Morgan fingerprint density at radius 2 is 1.58 bits per heavy atom. The van der Waals surface area contributed by atoms with E-state index in [0.717, 1.165) is 25.7 Å². The highest BCUT2D eigenvalue weighted by Gasteiger charge is 2.38. The summed E-state index contributed by atoms with van der Waals surface area (Å²) < 4.78 is 25.2. The van der Waals surface area contributed by atoms with Crippen molar-refractivity contribution < 1.29 is 8.78 Å². The predicted molar refractivity (Wildman–Crippen MR) is 46.4 cm³/mol. The zero-order valence-corrected chi connectivity index (χ0v) is 7.95. The Hall–Kier alpha value is -0.140. The third-order valence-electron chi connectivity index (χ3n) is 3.22. The van der Waals surface area contributed by atoms with Crippen molar-refractivity contribution in [1.29, 1.82) is 0 Å². The van der Waals surface area contributed by atoms with Gasteiger partial charge in [0.15, 0.2) is 0 Å². The van der Waals surface area contributed by atoms with E-state index in [1.54, 1.807) is 13.8 Å². The van der Waals surface area contributed by atoms with Crippen molar-refractivity contribution >= 4 is 0 Å². The summed E-state index contributed by atoms with van der Waals surface area (Å²) in [4.78, 5) is 0. The van der Waals surface area contributed by atoms with E-state index in [1.165, 1.54) is 6.42 Å². The summed E-state index contributed by atoms with van der Waals surface area (Å²) in [5, 5.41) is 0. The van der Waals surface area contributed by atoms with Gasteiger partial charge < -0.3 is 0 Å². The van der Waals surface area contributed by atoms with Crippen LogP contribution in [0.25, 0.3) is 0 Å². The van der Waals surface area contributed by atoms with Crippen molar-refractivity contribution in [2.24, 2.45) is 11.3 Å². The lowest BCUT2D eigenvalue weighted by Gasteiger charge is -2.36. The molecule has 0 heterocycles. The number of hydrogen-bond acceptors (Lipinski definition) is 0. The Morgan fingerprint density at radius 1 is 1.08 bits per heavy atom. The van der Waals surface area contributed by atoms with Crippen molar-refractivity contribution in [3.8, 4) is 0 Å². The lowest BCUT2D eigenvalue weighted by molar-refractivity contribution is -0.0323. The molecule has 0 aliphatic heterocycles. The zero-order valence-electron chi connectivity index (χ0n) is 7.95. The molecule has 0 nitrogen and oxygen atoms in total. The molecule has 1 aliphatic carbocycles. The summed E-state index contributed by atoms with van der Waals surface area (Å²) in [5.41, 5.74) is -0.763. The second-order valence-corrected chi connectivity index (χ2v) is 4.46. The first-order chi connectivity index (χ1) is 5.55. The van der Waals surface area contributed by atoms with Crippen molar-refractivity contribution in [1.82, 2.24) is 0 Å². The zero-order chi connectivity index (χ0) is 9.19. The molecule has 0 aromatic rings. The average Bonchev–Trinajstić information content (AvgIpc) is 2.06. The average molecular weight is 176 g/mol. The quantitative estimate of drug-likeness (QED) is 0.599. The lowest BCUT2D eigenvalue weighted by atomic mass is 9.71. The first-order valence-electron chi connectivity index (χ1n) is 4.83. The van der Waals surface area contributed by atoms with Crippen LogP contribution in [0.5, 0.6) is 0 Å². The third-order valence-corrected chi connectivity index (χ3v) is 3.22. The molecule has 1 rings (SSSR count). The largest absolute Gasteiger partial charge is 0.243 e.